The maximum atomic E-state index is 13.0. The van der Waals surface area contributed by atoms with Crippen LogP contribution in [0, 0.1) is 0 Å². The summed E-state index contributed by atoms with van der Waals surface area (Å²) >= 11 is 0. The Bertz CT molecular complexity index is 657. The Kier molecular flexibility index (Phi) is 4.81. The second-order valence-corrected chi connectivity index (χ2v) is 5.88. The molecule has 4 heteroatoms. The number of nitrogens with two attached hydrogens (primary N) is 1. The van der Waals surface area contributed by atoms with E-state index in [1.807, 2.05) is 69.0 Å². The van der Waals surface area contributed by atoms with Crippen LogP contribution in [0.1, 0.15) is 38.1 Å². The molecule has 1 heterocycles. The van der Waals surface area contributed by atoms with Crippen molar-refractivity contribution in [2.75, 3.05) is 5.73 Å². The average molecular weight is 297 g/mol. The summed E-state index contributed by atoms with van der Waals surface area (Å²) in [4.78, 5) is 19.0. The Morgan fingerprint density at radius 2 is 1.59 bits per heavy atom. The number of nitrogen functional groups attached to an aromatic ring is 1. The first kappa shape index (κ1) is 16.0. The summed E-state index contributed by atoms with van der Waals surface area (Å²) < 4.78 is 0. The minimum atomic E-state index is 0.0175. The Hall–Kier alpha value is -2.36. The third kappa shape index (κ3) is 3.11. The molecule has 0 radical (unpaired) electrons. The zero-order chi connectivity index (χ0) is 16.3. The number of anilines is 1. The first-order valence-corrected chi connectivity index (χ1v) is 7.56. The molecule has 0 aliphatic rings. The summed E-state index contributed by atoms with van der Waals surface area (Å²) in [5, 5.41) is 0. The van der Waals surface area contributed by atoms with Gasteiger partial charge in [0.15, 0.2) is 0 Å². The molecule has 0 saturated carbocycles. The van der Waals surface area contributed by atoms with Crippen molar-refractivity contribution in [3.63, 3.8) is 0 Å². The Morgan fingerprint density at radius 1 is 1.00 bits per heavy atom. The molecule has 0 aliphatic carbocycles. The minimum Gasteiger partial charge on any atom is -0.383 e. The van der Waals surface area contributed by atoms with Gasteiger partial charge in [-0.25, -0.2) is 4.98 Å². The van der Waals surface area contributed by atoms with Crippen LogP contribution in [0.4, 0.5) is 5.82 Å². The number of hydrogen-bond acceptors (Lipinski definition) is 3. The van der Waals surface area contributed by atoms with Gasteiger partial charge in [-0.1, -0.05) is 18.2 Å². The van der Waals surface area contributed by atoms with Crippen LogP contribution in [0.3, 0.4) is 0 Å². The van der Waals surface area contributed by atoms with E-state index in [4.69, 9.17) is 5.73 Å². The summed E-state index contributed by atoms with van der Waals surface area (Å²) in [6.07, 6.45) is 1.65. The number of rotatable bonds is 4. The molecule has 1 aromatic carbocycles. The minimum absolute atomic E-state index is 0.0175. The van der Waals surface area contributed by atoms with Crippen LogP contribution in [0.15, 0.2) is 42.6 Å². The molecule has 1 aromatic heterocycles. The number of pyridine rings is 1. The molecule has 2 aromatic rings. The molecule has 4 nitrogen and oxygen atoms in total. The van der Waals surface area contributed by atoms with Crippen LogP contribution in [-0.4, -0.2) is 27.9 Å². The molecule has 0 spiro atoms. The molecule has 1 amide bonds. The topological polar surface area (TPSA) is 59.2 Å². The molecule has 0 unspecified atom stereocenters. The normalized spacial score (nSPS) is 11.0. The number of amides is 1. The maximum Gasteiger partial charge on any atom is 0.254 e. The quantitative estimate of drug-likeness (QED) is 0.938. The second kappa shape index (κ2) is 6.60. The number of benzene rings is 1. The largest absolute Gasteiger partial charge is 0.383 e. The predicted octanol–water partition coefficient (Wildman–Crippen LogP) is 3.59. The summed E-state index contributed by atoms with van der Waals surface area (Å²) in [6.45, 7) is 8.11. The van der Waals surface area contributed by atoms with Crippen LogP contribution in [0.5, 0.6) is 0 Å². The van der Waals surface area contributed by atoms with E-state index in [2.05, 4.69) is 4.98 Å². The molecule has 0 aliphatic heterocycles. The highest BCUT2D eigenvalue weighted by molar-refractivity contribution is 6.02. The van der Waals surface area contributed by atoms with E-state index < -0.39 is 0 Å². The monoisotopic (exact) mass is 297 g/mol. The first-order valence-electron chi connectivity index (χ1n) is 7.56. The average Bonchev–Trinajstić information content (AvgIpc) is 2.47. The van der Waals surface area contributed by atoms with Crippen LogP contribution >= 0.6 is 0 Å². The van der Waals surface area contributed by atoms with Crippen molar-refractivity contribution in [2.24, 2.45) is 0 Å². The van der Waals surface area contributed by atoms with Crippen molar-refractivity contribution >= 4 is 11.7 Å². The number of carbonyl (C=O) groups excluding carboxylic acids is 1. The smallest absolute Gasteiger partial charge is 0.254 e. The summed E-state index contributed by atoms with van der Waals surface area (Å²) in [6, 6.07) is 11.5. The fourth-order valence-electron chi connectivity index (χ4n) is 2.75. The lowest BCUT2D eigenvalue weighted by Crippen LogP contribution is -2.42. The van der Waals surface area contributed by atoms with E-state index >= 15 is 0 Å². The van der Waals surface area contributed by atoms with Crippen molar-refractivity contribution in [2.45, 2.75) is 39.8 Å². The SMILES string of the molecule is CC(C)N(C(=O)c1ccccc1-c1cccnc1N)C(C)C. The van der Waals surface area contributed by atoms with E-state index in [9.17, 15) is 4.79 Å². The molecule has 2 N–H and O–H groups in total. The zero-order valence-electron chi connectivity index (χ0n) is 13.6. The number of hydrogen-bond donors (Lipinski definition) is 1. The highest BCUT2D eigenvalue weighted by atomic mass is 16.2. The molecule has 116 valence electrons. The highest BCUT2D eigenvalue weighted by Crippen LogP contribution is 2.29. The Balaban J connectivity index is 2.54. The van der Waals surface area contributed by atoms with E-state index in [1.165, 1.54) is 0 Å². The van der Waals surface area contributed by atoms with E-state index in [-0.39, 0.29) is 18.0 Å². The van der Waals surface area contributed by atoms with Gasteiger partial charge in [0.2, 0.25) is 0 Å². The Labute approximate surface area is 132 Å². The highest BCUT2D eigenvalue weighted by Gasteiger charge is 2.24. The van der Waals surface area contributed by atoms with Gasteiger partial charge in [0, 0.05) is 29.4 Å². The van der Waals surface area contributed by atoms with Crippen molar-refractivity contribution < 1.29 is 4.79 Å². The first-order chi connectivity index (χ1) is 10.4. The zero-order valence-corrected chi connectivity index (χ0v) is 13.6. The fourth-order valence-corrected chi connectivity index (χ4v) is 2.75. The van der Waals surface area contributed by atoms with Gasteiger partial charge in [-0.05, 0) is 51.5 Å². The lowest BCUT2D eigenvalue weighted by atomic mass is 9.98. The Morgan fingerprint density at radius 3 is 2.18 bits per heavy atom. The van der Waals surface area contributed by atoms with E-state index in [0.29, 0.717) is 11.4 Å². The summed E-state index contributed by atoms with van der Waals surface area (Å²) in [5.74, 6) is 0.451. The van der Waals surface area contributed by atoms with Crippen LogP contribution < -0.4 is 5.73 Å². The fraction of sp³-hybridized carbons (Fsp3) is 0.333. The maximum absolute atomic E-state index is 13.0. The number of nitrogens with zero attached hydrogens (tertiary/aromatic N) is 2. The van der Waals surface area contributed by atoms with E-state index in [1.54, 1.807) is 6.20 Å². The van der Waals surface area contributed by atoms with Crippen LogP contribution in [0.25, 0.3) is 11.1 Å². The molecule has 0 atom stereocenters. The second-order valence-electron chi connectivity index (χ2n) is 5.88. The van der Waals surface area contributed by atoms with Crippen molar-refractivity contribution in [3.05, 3.63) is 48.2 Å². The van der Waals surface area contributed by atoms with Gasteiger partial charge in [-0.15, -0.1) is 0 Å². The summed E-state index contributed by atoms with van der Waals surface area (Å²) in [7, 11) is 0. The molecule has 0 saturated heterocycles. The standard InChI is InChI=1S/C18H23N3O/c1-12(2)21(13(3)4)18(22)16-9-6-5-8-14(16)15-10-7-11-20-17(15)19/h5-13H,1-4H3,(H2,19,20). The number of aromatic nitrogens is 1. The predicted molar refractivity (Wildman–Crippen MR) is 90.5 cm³/mol. The van der Waals surface area contributed by atoms with Crippen molar-refractivity contribution in [1.82, 2.24) is 9.88 Å². The third-order valence-electron chi connectivity index (χ3n) is 3.63. The van der Waals surface area contributed by atoms with Gasteiger partial charge in [-0.2, -0.15) is 0 Å². The van der Waals surface area contributed by atoms with Crippen LogP contribution in [-0.2, 0) is 0 Å². The van der Waals surface area contributed by atoms with Gasteiger partial charge in [0.25, 0.3) is 5.91 Å². The molecular formula is C18H23N3O. The van der Waals surface area contributed by atoms with Crippen molar-refractivity contribution in [3.8, 4) is 11.1 Å². The van der Waals surface area contributed by atoms with Gasteiger partial charge in [0.1, 0.15) is 5.82 Å². The lowest BCUT2D eigenvalue weighted by molar-refractivity contribution is 0.0644. The molecule has 22 heavy (non-hydrogen) atoms. The van der Waals surface area contributed by atoms with Gasteiger partial charge >= 0.3 is 0 Å². The molecule has 0 bridgehead atoms. The van der Waals surface area contributed by atoms with Gasteiger partial charge < -0.3 is 10.6 Å². The third-order valence-corrected chi connectivity index (χ3v) is 3.63. The lowest BCUT2D eigenvalue weighted by Gasteiger charge is -2.31. The van der Waals surface area contributed by atoms with Crippen molar-refractivity contribution in [1.29, 1.82) is 0 Å². The summed E-state index contributed by atoms with van der Waals surface area (Å²) in [5.41, 5.74) is 8.25. The van der Waals surface area contributed by atoms with E-state index in [0.717, 1.165) is 11.1 Å². The number of carbonyl (C=O) groups is 1. The van der Waals surface area contributed by atoms with Crippen LogP contribution in [0.2, 0.25) is 0 Å². The molecule has 2 rings (SSSR count). The van der Waals surface area contributed by atoms with Gasteiger partial charge in [0.05, 0.1) is 0 Å². The molecule has 0 fully saturated rings. The van der Waals surface area contributed by atoms with Gasteiger partial charge in [-0.3, -0.25) is 4.79 Å². The molecular weight excluding hydrogens is 274 g/mol.